The Morgan fingerprint density at radius 2 is 1.88 bits per heavy atom. The summed E-state index contributed by atoms with van der Waals surface area (Å²) in [5, 5.41) is 15.8. The Morgan fingerprint density at radius 3 is 2.46 bits per heavy atom. The number of aliphatic hydroxyl groups is 1. The number of anilines is 1. The van der Waals surface area contributed by atoms with Crippen LogP contribution in [0.15, 0.2) is 36.5 Å². The van der Waals surface area contributed by atoms with Crippen LogP contribution in [0.3, 0.4) is 0 Å². The van der Waals surface area contributed by atoms with E-state index in [9.17, 15) is 9.59 Å². The van der Waals surface area contributed by atoms with Gasteiger partial charge in [0.1, 0.15) is 5.82 Å². The summed E-state index contributed by atoms with van der Waals surface area (Å²) in [5.41, 5.74) is 1.01. The van der Waals surface area contributed by atoms with Gasteiger partial charge in [0, 0.05) is 12.1 Å². The van der Waals surface area contributed by atoms with Gasteiger partial charge in [-0.2, -0.15) is 5.10 Å². The summed E-state index contributed by atoms with van der Waals surface area (Å²) in [7, 11) is 0. The van der Waals surface area contributed by atoms with Gasteiger partial charge in [-0.25, -0.2) is 9.48 Å². The summed E-state index contributed by atoms with van der Waals surface area (Å²) in [5.74, 6) is -0.484. The standard InChI is InChI=1S/C17H21N3O4/c1-11(2)20-15(8-9-18-20)19-16(22)12(3)24-17(23)14-6-4-13(10-21)5-7-14/h4-9,11-12,21H,10H2,1-3H3,(H,19,22). The van der Waals surface area contributed by atoms with E-state index in [1.54, 1.807) is 41.2 Å². The van der Waals surface area contributed by atoms with Crippen LogP contribution < -0.4 is 5.32 Å². The molecule has 1 aromatic carbocycles. The third-order valence-corrected chi connectivity index (χ3v) is 3.44. The second kappa shape index (κ2) is 7.74. The Bertz CT molecular complexity index is 707. The number of nitrogens with one attached hydrogen (secondary N) is 1. The highest BCUT2D eigenvalue weighted by atomic mass is 16.5. The lowest BCUT2D eigenvalue weighted by atomic mass is 10.1. The van der Waals surface area contributed by atoms with Crippen LogP contribution in [0.2, 0.25) is 0 Å². The molecule has 0 aliphatic rings. The minimum atomic E-state index is -0.953. The fourth-order valence-electron chi connectivity index (χ4n) is 2.08. The van der Waals surface area contributed by atoms with Crippen LogP contribution in [0.25, 0.3) is 0 Å². The Morgan fingerprint density at radius 1 is 1.21 bits per heavy atom. The van der Waals surface area contributed by atoms with Crippen molar-refractivity contribution in [2.45, 2.75) is 39.5 Å². The lowest BCUT2D eigenvalue weighted by Crippen LogP contribution is -2.31. The zero-order valence-electron chi connectivity index (χ0n) is 13.9. The molecule has 128 valence electrons. The molecule has 2 aromatic rings. The molecule has 1 aromatic heterocycles. The van der Waals surface area contributed by atoms with Crippen molar-refractivity contribution in [1.82, 2.24) is 9.78 Å². The number of nitrogens with zero attached hydrogens (tertiary/aromatic N) is 2. The van der Waals surface area contributed by atoms with Gasteiger partial charge in [-0.15, -0.1) is 0 Å². The van der Waals surface area contributed by atoms with Crippen molar-refractivity contribution in [3.8, 4) is 0 Å². The van der Waals surface area contributed by atoms with E-state index in [1.165, 1.54) is 6.92 Å². The lowest BCUT2D eigenvalue weighted by molar-refractivity contribution is -0.123. The number of aromatic nitrogens is 2. The first-order valence-electron chi connectivity index (χ1n) is 7.67. The van der Waals surface area contributed by atoms with Gasteiger partial charge in [0.25, 0.3) is 5.91 Å². The van der Waals surface area contributed by atoms with Crippen LogP contribution in [-0.4, -0.2) is 32.9 Å². The number of carbonyl (C=O) groups excluding carboxylic acids is 2. The Balaban J connectivity index is 1.97. The van der Waals surface area contributed by atoms with Gasteiger partial charge in [-0.05, 0) is 38.5 Å². The van der Waals surface area contributed by atoms with E-state index in [0.29, 0.717) is 16.9 Å². The molecule has 0 fully saturated rings. The maximum atomic E-state index is 12.2. The first-order valence-corrected chi connectivity index (χ1v) is 7.67. The van der Waals surface area contributed by atoms with Crippen LogP contribution in [0, 0.1) is 0 Å². The third-order valence-electron chi connectivity index (χ3n) is 3.44. The van der Waals surface area contributed by atoms with Crippen LogP contribution >= 0.6 is 0 Å². The average Bonchev–Trinajstić information content (AvgIpc) is 3.03. The van der Waals surface area contributed by atoms with E-state index in [1.807, 2.05) is 13.8 Å². The number of rotatable bonds is 6. The van der Waals surface area contributed by atoms with Crippen molar-refractivity contribution in [2.75, 3.05) is 5.32 Å². The molecule has 0 saturated heterocycles. The van der Waals surface area contributed by atoms with E-state index < -0.39 is 18.0 Å². The van der Waals surface area contributed by atoms with E-state index in [-0.39, 0.29) is 12.6 Å². The van der Waals surface area contributed by atoms with Crippen LogP contribution in [0.5, 0.6) is 0 Å². The van der Waals surface area contributed by atoms with E-state index in [2.05, 4.69) is 10.4 Å². The monoisotopic (exact) mass is 331 g/mol. The van der Waals surface area contributed by atoms with Crippen molar-refractivity contribution in [2.24, 2.45) is 0 Å². The lowest BCUT2D eigenvalue weighted by Gasteiger charge is -2.15. The number of aliphatic hydroxyl groups excluding tert-OH is 1. The van der Waals surface area contributed by atoms with Gasteiger partial charge in [0.15, 0.2) is 6.10 Å². The van der Waals surface area contributed by atoms with Gasteiger partial charge >= 0.3 is 5.97 Å². The number of hydrogen-bond acceptors (Lipinski definition) is 5. The first-order chi connectivity index (χ1) is 11.4. The maximum Gasteiger partial charge on any atom is 0.338 e. The van der Waals surface area contributed by atoms with E-state index in [4.69, 9.17) is 9.84 Å². The van der Waals surface area contributed by atoms with Crippen LogP contribution in [0.1, 0.15) is 42.7 Å². The molecule has 0 aliphatic heterocycles. The summed E-state index contributed by atoms with van der Waals surface area (Å²) < 4.78 is 6.84. The number of benzene rings is 1. The Labute approximate surface area is 140 Å². The first kappa shape index (κ1) is 17.7. The molecule has 0 aliphatic carbocycles. The molecule has 1 unspecified atom stereocenters. The van der Waals surface area contributed by atoms with Crippen molar-refractivity contribution in [3.63, 3.8) is 0 Å². The van der Waals surface area contributed by atoms with Crippen LogP contribution in [-0.2, 0) is 16.1 Å². The van der Waals surface area contributed by atoms with E-state index in [0.717, 1.165) is 0 Å². The van der Waals surface area contributed by atoms with Crippen molar-refractivity contribution < 1.29 is 19.4 Å². The fraction of sp³-hybridized carbons (Fsp3) is 0.353. The third kappa shape index (κ3) is 4.20. The largest absolute Gasteiger partial charge is 0.449 e. The molecule has 7 nitrogen and oxygen atoms in total. The summed E-state index contributed by atoms with van der Waals surface area (Å²) >= 11 is 0. The number of carbonyl (C=O) groups is 2. The molecule has 0 radical (unpaired) electrons. The zero-order valence-corrected chi connectivity index (χ0v) is 13.9. The molecule has 24 heavy (non-hydrogen) atoms. The second-order valence-electron chi connectivity index (χ2n) is 5.65. The molecule has 0 saturated carbocycles. The number of esters is 1. The molecule has 0 bridgehead atoms. The van der Waals surface area contributed by atoms with Crippen molar-refractivity contribution in [1.29, 1.82) is 0 Å². The summed E-state index contributed by atoms with van der Waals surface area (Å²) in [4.78, 5) is 24.2. The highest BCUT2D eigenvalue weighted by Crippen LogP contribution is 2.14. The minimum Gasteiger partial charge on any atom is -0.449 e. The molecule has 1 atom stereocenters. The fourth-order valence-corrected chi connectivity index (χ4v) is 2.08. The number of hydrogen-bond donors (Lipinski definition) is 2. The molecule has 1 heterocycles. The van der Waals surface area contributed by atoms with Gasteiger partial charge in [-0.3, -0.25) is 4.79 Å². The Kier molecular flexibility index (Phi) is 5.70. The van der Waals surface area contributed by atoms with Crippen LogP contribution in [0.4, 0.5) is 5.82 Å². The Hall–Kier alpha value is -2.67. The molecule has 2 rings (SSSR count). The average molecular weight is 331 g/mol. The molecular weight excluding hydrogens is 310 g/mol. The zero-order chi connectivity index (χ0) is 17.7. The topological polar surface area (TPSA) is 93.4 Å². The highest BCUT2D eigenvalue weighted by molar-refractivity contribution is 5.96. The summed E-state index contributed by atoms with van der Waals surface area (Å²) in [6, 6.07) is 8.13. The number of ether oxygens (including phenoxy) is 1. The van der Waals surface area contributed by atoms with Gasteiger partial charge in [0.2, 0.25) is 0 Å². The number of amides is 1. The molecule has 1 amide bonds. The minimum absolute atomic E-state index is 0.0956. The van der Waals surface area contributed by atoms with Gasteiger partial charge in [-0.1, -0.05) is 12.1 Å². The highest BCUT2D eigenvalue weighted by Gasteiger charge is 2.20. The van der Waals surface area contributed by atoms with Crippen molar-refractivity contribution in [3.05, 3.63) is 47.7 Å². The SMILES string of the molecule is CC(OC(=O)c1ccc(CO)cc1)C(=O)Nc1ccnn1C(C)C. The molecule has 7 heteroatoms. The second-order valence-corrected chi connectivity index (χ2v) is 5.65. The smallest absolute Gasteiger partial charge is 0.338 e. The van der Waals surface area contributed by atoms with Gasteiger partial charge < -0.3 is 15.2 Å². The molecule has 0 spiro atoms. The summed E-state index contributed by atoms with van der Waals surface area (Å²) in [6.45, 7) is 5.30. The molecule has 2 N–H and O–H groups in total. The predicted octanol–water partition coefficient (Wildman–Crippen LogP) is 2.14. The predicted molar refractivity (Wildman–Crippen MR) is 88.5 cm³/mol. The quantitative estimate of drug-likeness (QED) is 0.791. The normalized spacial score (nSPS) is 12.0. The van der Waals surface area contributed by atoms with E-state index >= 15 is 0 Å². The van der Waals surface area contributed by atoms with Crippen molar-refractivity contribution >= 4 is 17.7 Å². The maximum absolute atomic E-state index is 12.2. The van der Waals surface area contributed by atoms with Gasteiger partial charge in [0.05, 0.1) is 18.4 Å². The molecular formula is C17H21N3O4. The summed E-state index contributed by atoms with van der Waals surface area (Å²) in [6.07, 6.45) is 0.639.